The van der Waals surface area contributed by atoms with Crippen molar-refractivity contribution in [2.75, 3.05) is 0 Å². The first kappa shape index (κ1) is 29.9. The van der Waals surface area contributed by atoms with Gasteiger partial charge in [0.15, 0.2) is 0 Å². The largest absolute Gasteiger partial charge is 0.310 e. The highest BCUT2D eigenvalue weighted by atomic mass is 15.0. The molecule has 0 bridgehead atoms. The molecule has 7 aromatic carbocycles. The van der Waals surface area contributed by atoms with Crippen LogP contribution >= 0.6 is 0 Å². The van der Waals surface area contributed by atoms with E-state index in [-0.39, 0.29) is 5.41 Å². The summed E-state index contributed by atoms with van der Waals surface area (Å²) < 4.78 is 7.45. The zero-order chi connectivity index (χ0) is 35.7. The Bertz CT molecular complexity index is 3150. The van der Waals surface area contributed by atoms with Gasteiger partial charge in [-0.3, -0.25) is 0 Å². The van der Waals surface area contributed by atoms with Gasteiger partial charge in [0.1, 0.15) is 0 Å². The molecule has 0 aliphatic heterocycles. The Balaban J connectivity index is 1.10. The second-order valence-electron chi connectivity index (χ2n) is 15.8. The van der Waals surface area contributed by atoms with Crippen LogP contribution in [0.4, 0.5) is 0 Å². The van der Waals surface area contributed by atoms with Crippen molar-refractivity contribution in [3.05, 3.63) is 187 Å². The van der Waals surface area contributed by atoms with Crippen molar-refractivity contribution in [3.63, 3.8) is 0 Å². The maximum absolute atomic E-state index is 2.57. The molecule has 2 aliphatic rings. The molecule has 3 heteroatoms. The lowest BCUT2D eigenvalue weighted by Crippen LogP contribution is -2.26. The second-order valence-corrected chi connectivity index (χ2v) is 15.8. The molecule has 2 aliphatic carbocycles. The summed E-state index contributed by atoms with van der Waals surface area (Å²) in [6.45, 7) is 4.96. The predicted molar refractivity (Wildman–Crippen MR) is 227 cm³/mol. The zero-order valence-electron chi connectivity index (χ0n) is 30.2. The molecule has 3 nitrogen and oxygen atoms in total. The third-order valence-corrected chi connectivity index (χ3v) is 12.7. The van der Waals surface area contributed by atoms with Crippen LogP contribution in [0.25, 0.3) is 82.5 Å². The average Bonchev–Trinajstić information content (AvgIpc) is 3.91. The molecule has 256 valence electrons. The lowest BCUT2D eigenvalue weighted by Gasteiger charge is -2.31. The summed E-state index contributed by atoms with van der Waals surface area (Å²) in [5.41, 5.74) is 13.9. The molecule has 0 radical (unpaired) electrons. The molecule has 0 saturated carbocycles. The van der Waals surface area contributed by atoms with Crippen LogP contribution in [0.3, 0.4) is 0 Å². The minimum Gasteiger partial charge on any atom is -0.310 e. The first-order valence-corrected chi connectivity index (χ1v) is 19.1. The van der Waals surface area contributed by atoms with Crippen LogP contribution in [0.5, 0.6) is 0 Å². The van der Waals surface area contributed by atoms with Gasteiger partial charge in [0.05, 0.1) is 33.1 Å². The lowest BCUT2D eigenvalue weighted by molar-refractivity contribution is 0.396. The number of aromatic nitrogens is 3. The molecule has 2 atom stereocenters. The number of hydrogen-bond donors (Lipinski definition) is 0. The highest BCUT2D eigenvalue weighted by Crippen LogP contribution is 2.57. The molecule has 0 amide bonds. The fourth-order valence-electron chi connectivity index (χ4n) is 10.4. The molecule has 12 rings (SSSR count). The van der Waals surface area contributed by atoms with Gasteiger partial charge in [0, 0.05) is 55.3 Å². The Labute approximate surface area is 313 Å². The molecule has 0 saturated heterocycles. The van der Waals surface area contributed by atoms with Gasteiger partial charge >= 0.3 is 0 Å². The minimum absolute atomic E-state index is 0.134. The first-order chi connectivity index (χ1) is 26.6. The molecular weight excluding hydrogens is 655 g/mol. The quantitative estimate of drug-likeness (QED) is 0.175. The first-order valence-electron chi connectivity index (χ1n) is 19.1. The number of allylic oxidation sites excluding steroid dienone is 4. The summed E-state index contributed by atoms with van der Waals surface area (Å²) in [7, 11) is 0. The third-order valence-electron chi connectivity index (χ3n) is 12.7. The summed E-state index contributed by atoms with van der Waals surface area (Å²) >= 11 is 0. The fourth-order valence-corrected chi connectivity index (χ4v) is 10.4. The van der Waals surface area contributed by atoms with Crippen molar-refractivity contribution < 1.29 is 0 Å². The van der Waals surface area contributed by atoms with Crippen LogP contribution in [0.1, 0.15) is 30.9 Å². The Kier molecular flexibility index (Phi) is 5.96. The van der Waals surface area contributed by atoms with Crippen LogP contribution in [-0.2, 0) is 5.41 Å². The Morgan fingerprint density at radius 1 is 0.444 bits per heavy atom. The van der Waals surface area contributed by atoms with Crippen LogP contribution in [-0.4, -0.2) is 13.7 Å². The van der Waals surface area contributed by atoms with E-state index in [1.165, 1.54) is 93.6 Å². The van der Waals surface area contributed by atoms with E-state index in [4.69, 9.17) is 0 Å². The predicted octanol–water partition coefficient (Wildman–Crippen LogP) is 13.1. The molecule has 54 heavy (non-hydrogen) atoms. The van der Waals surface area contributed by atoms with Crippen molar-refractivity contribution >= 4 is 71.1 Å². The van der Waals surface area contributed by atoms with E-state index in [0.29, 0.717) is 11.8 Å². The Morgan fingerprint density at radius 3 is 1.59 bits per heavy atom. The van der Waals surface area contributed by atoms with E-state index in [9.17, 15) is 0 Å². The van der Waals surface area contributed by atoms with Crippen LogP contribution in [0.2, 0.25) is 0 Å². The van der Waals surface area contributed by atoms with E-state index in [1.807, 2.05) is 0 Å². The number of hydrogen-bond acceptors (Lipinski definition) is 0. The van der Waals surface area contributed by atoms with E-state index in [2.05, 4.69) is 204 Å². The van der Waals surface area contributed by atoms with E-state index in [0.717, 1.165) is 0 Å². The standard InChI is InChI=1S/C51H37N3/c1-51(2)43-31-34(53-46-22-12-8-18-38(46)39-19-9-13-23-47(39)53)24-26-35(43)40-27-28-41-42-30-33(52-44-20-10-6-16-36(44)37-17-7-11-21-45(37)52)25-29-48(42)54(50(41)49(40)51)32-14-4-3-5-15-32/h3-31,35,43H,1-2H3. The van der Waals surface area contributed by atoms with Gasteiger partial charge in [-0.05, 0) is 83.1 Å². The molecule has 2 unspecified atom stereocenters. The third kappa shape index (κ3) is 3.86. The number of para-hydroxylation sites is 5. The highest BCUT2D eigenvalue weighted by molar-refractivity contribution is 6.14. The Hall–Kier alpha value is -6.58. The van der Waals surface area contributed by atoms with Crippen LogP contribution in [0.15, 0.2) is 176 Å². The van der Waals surface area contributed by atoms with Crippen molar-refractivity contribution in [3.8, 4) is 11.4 Å². The number of benzene rings is 7. The summed E-state index contributed by atoms with van der Waals surface area (Å²) in [4.78, 5) is 0. The monoisotopic (exact) mass is 691 g/mol. The van der Waals surface area contributed by atoms with Gasteiger partial charge in [-0.15, -0.1) is 0 Å². The van der Waals surface area contributed by atoms with Crippen LogP contribution in [0, 0.1) is 5.92 Å². The summed E-state index contributed by atoms with van der Waals surface area (Å²) in [6.07, 6.45) is 7.43. The van der Waals surface area contributed by atoms with E-state index < -0.39 is 0 Å². The fraction of sp³-hybridized carbons (Fsp3) is 0.0980. The maximum Gasteiger partial charge on any atom is 0.0581 e. The normalized spacial score (nSPS) is 17.6. The SMILES string of the molecule is CC1(C)c2c(ccc3c4cc(-n5c6ccccc6c6ccccc65)ccc4n(-c4ccccc4)c23)C2C=CC(n3c4ccccc4c4ccccc43)=CC21. The molecule has 0 fully saturated rings. The average molecular weight is 692 g/mol. The number of rotatable bonds is 3. The van der Waals surface area contributed by atoms with Gasteiger partial charge < -0.3 is 13.7 Å². The van der Waals surface area contributed by atoms with Crippen molar-refractivity contribution in [1.29, 1.82) is 0 Å². The number of fused-ring (bicyclic) bond motifs is 13. The zero-order valence-corrected chi connectivity index (χ0v) is 30.2. The van der Waals surface area contributed by atoms with Gasteiger partial charge in [0.25, 0.3) is 0 Å². The second kappa shape index (κ2) is 10.7. The van der Waals surface area contributed by atoms with Gasteiger partial charge in [-0.25, -0.2) is 0 Å². The number of nitrogens with zero attached hydrogens (tertiary/aromatic N) is 3. The van der Waals surface area contributed by atoms with Crippen molar-refractivity contribution in [2.45, 2.75) is 25.2 Å². The summed E-state index contributed by atoms with van der Waals surface area (Å²) in [5, 5.41) is 7.74. The van der Waals surface area contributed by atoms with Crippen molar-refractivity contribution in [1.82, 2.24) is 13.7 Å². The minimum atomic E-state index is -0.134. The molecule has 10 aromatic rings. The molecular formula is C51H37N3. The Morgan fingerprint density at radius 2 is 0.981 bits per heavy atom. The van der Waals surface area contributed by atoms with Crippen molar-refractivity contribution in [2.24, 2.45) is 5.92 Å². The van der Waals surface area contributed by atoms with Gasteiger partial charge in [-0.1, -0.05) is 129 Å². The topological polar surface area (TPSA) is 14.8 Å². The van der Waals surface area contributed by atoms with Gasteiger partial charge in [-0.2, -0.15) is 0 Å². The summed E-state index contributed by atoms with van der Waals surface area (Å²) in [6, 6.07) is 58.1. The molecule has 3 aromatic heterocycles. The lowest BCUT2D eigenvalue weighted by atomic mass is 9.73. The highest BCUT2D eigenvalue weighted by Gasteiger charge is 2.47. The van der Waals surface area contributed by atoms with Gasteiger partial charge in [0.2, 0.25) is 0 Å². The molecule has 0 spiro atoms. The van der Waals surface area contributed by atoms with Crippen LogP contribution < -0.4 is 0 Å². The maximum atomic E-state index is 2.57. The summed E-state index contributed by atoms with van der Waals surface area (Å²) in [5.74, 6) is 0.597. The smallest absolute Gasteiger partial charge is 0.0581 e. The molecule has 0 N–H and O–H groups in total. The van der Waals surface area contributed by atoms with E-state index >= 15 is 0 Å². The van der Waals surface area contributed by atoms with E-state index in [1.54, 1.807) is 0 Å². The molecule has 3 heterocycles.